The van der Waals surface area contributed by atoms with E-state index in [1.807, 2.05) is 18.2 Å². The molecular weight excluding hydrogens is 460 g/mol. The molecule has 5 aliphatic rings. The molecule has 5 nitrogen and oxygen atoms in total. The molecule has 0 bridgehead atoms. The Labute approximate surface area is 222 Å². The van der Waals surface area contributed by atoms with E-state index in [9.17, 15) is 9.59 Å². The zero-order chi connectivity index (χ0) is 25.8. The van der Waals surface area contributed by atoms with E-state index < -0.39 is 0 Å². The van der Waals surface area contributed by atoms with Gasteiger partial charge in [0.15, 0.2) is 5.78 Å². The highest BCUT2D eigenvalue weighted by Crippen LogP contribution is 2.64. The summed E-state index contributed by atoms with van der Waals surface area (Å²) in [4.78, 5) is 28.9. The number of anilines is 1. The van der Waals surface area contributed by atoms with Gasteiger partial charge in [0.2, 0.25) is 5.91 Å². The second-order valence-electron chi connectivity index (χ2n) is 13.1. The van der Waals surface area contributed by atoms with Crippen LogP contribution in [0.3, 0.4) is 0 Å². The number of methoxy groups -OCH3 is 1. The number of ketones is 1. The highest BCUT2D eigenvalue weighted by molar-refractivity contribution is 5.96. The Bertz CT molecular complexity index is 1070. The normalized spacial score (nSPS) is 37.5. The van der Waals surface area contributed by atoms with Gasteiger partial charge in [0.05, 0.1) is 7.11 Å². The number of amides is 1. The first-order valence-electron chi connectivity index (χ1n) is 14.8. The Kier molecular flexibility index (Phi) is 6.40. The lowest BCUT2D eigenvalue weighted by atomic mass is 9.50. The van der Waals surface area contributed by atoms with Crippen molar-refractivity contribution in [3.8, 4) is 5.75 Å². The van der Waals surface area contributed by atoms with Gasteiger partial charge in [-0.1, -0.05) is 33.1 Å². The molecule has 1 N–H and O–H groups in total. The fraction of sp³-hybridized carbons (Fsp3) is 0.688. The molecule has 1 saturated heterocycles. The number of ether oxygens (including phenoxy) is 1. The standard InChI is InChI=1S/C32H44N2O3/c1-31-18-16-27-25(20-33-29-19-23(35)15-17-32(27,29)2)26(31)13-14-28(31)30(36)34(21-7-5-4-6-8-21)22-9-11-24(37-3)12-10-22/h9-12,19,21,25-28,33H,4-8,13-18,20H2,1-3H3/t25-,26-,27-,28+,31-,32+/m0/s1. The summed E-state index contributed by atoms with van der Waals surface area (Å²) in [6.45, 7) is 5.78. The lowest BCUT2D eigenvalue weighted by Gasteiger charge is -2.58. The number of allylic oxidation sites excluding steroid dienone is 2. The van der Waals surface area contributed by atoms with Gasteiger partial charge in [0, 0.05) is 47.8 Å². The van der Waals surface area contributed by atoms with E-state index in [0.29, 0.717) is 36.1 Å². The molecule has 4 fully saturated rings. The average molecular weight is 505 g/mol. The minimum absolute atomic E-state index is 0.0430. The number of piperidine rings is 1. The summed E-state index contributed by atoms with van der Waals surface area (Å²) in [6, 6.07) is 8.47. The van der Waals surface area contributed by atoms with Crippen LogP contribution in [0.25, 0.3) is 0 Å². The van der Waals surface area contributed by atoms with Gasteiger partial charge in [-0.15, -0.1) is 0 Å². The summed E-state index contributed by atoms with van der Waals surface area (Å²) in [5.74, 6) is 3.30. The molecule has 37 heavy (non-hydrogen) atoms. The topological polar surface area (TPSA) is 58.6 Å². The maximum Gasteiger partial charge on any atom is 0.230 e. The predicted molar refractivity (Wildman–Crippen MR) is 146 cm³/mol. The first-order chi connectivity index (χ1) is 17.8. The molecular formula is C32H44N2O3. The molecule has 1 aliphatic heterocycles. The fourth-order valence-corrected chi connectivity index (χ4v) is 9.32. The van der Waals surface area contributed by atoms with Crippen molar-refractivity contribution in [2.75, 3.05) is 18.6 Å². The van der Waals surface area contributed by atoms with Crippen molar-refractivity contribution in [1.29, 1.82) is 0 Å². The van der Waals surface area contributed by atoms with E-state index in [1.165, 1.54) is 25.0 Å². The largest absolute Gasteiger partial charge is 0.497 e. The Morgan fingerprint density at radius 2 is 1.73 bits per heavy atom. The molecule has 3 saturated carbocycles. The Morgan fingerprint density at radius 1 is 0.973 bits per heavy atom. The maximum absolute atomic E-state index is 14.6. The molecule has 1 amide bonds. The fourth-order valence-electron chi connectivity index (χ4n) is 9.32. The average Bonchev–Trinajstić information content (AvgIpc) is 3.27. The number of carbonyl (C=O) groups excluding carboxylic acids is 2. The van der Waals surface area contributed by atoms with Crippen molar-refractivity contribution < 1.29 is 14.3 Å². The van der Waals surface area contributed by atoms with E-state index in [-0.39, 0.29) is 22.5 Å². The van der Waals surface area contributed by atoms with Crippen LogP contribution < -0.4 is 15.0 Å². The van der Waals surface area contributed by atoms with Crippen molar-refractivity contribution in [2.24, 2.45) is 34.5 Å². The second-order valence-corrected chi connectivity index (χ2v) is 13.1. The van der Waals surface area contributed by atoms with Crippen molar-refractivity contribution in [3.63, 3.8) is 0 Å². The van der Waals surface area contributed by atoms with Gasteiger partial charge in [-0.2, -0.15) is 0 Å². The van der Waals surface area contributed by atoms with Gasteiger partial charge in [-0.05, 0) is 92.4 Å². The molecule has 1 aromatic rings. The van der Waals surface area contributed by atoms with E-state index in [0.717, 1.165) is 62.9 Å². The molecule has 6 rings (SSSR count). The third-order valence-corrected chi connectivity index (χ3v) is 11.4. The maximum atomic E-state index is 14.6. The SMILES string of the molecule is COc1ccc(N(C(=O)[C@H]2CC[C@H]3[C@@H]4CNC5=CC(=O)CC[C@]5(C)[C@H]4CC[C@]23C)C2CCCCC2)cc1. The Morgan fingerprint density at radius 3 is 2.46 bits per heavy atom. The highest BCUT2D eigenvalue weighted by Gasteiger charge is 2.61. The zero-order valence-corrected chi connectivity index (χ0v) is 22.9. The molecule has 0 aromatic heterocycles. The number of rotatable bonds is 4. The van der Waals surface area contributed by atoms with Gasteiger partial charge in [0.1, 0.15) is 5.75 Å². The van der Waals surface area contributed by atoms with Crippen molar-refractivity contribution in [1.82, 2.24) is 5.32 Å². The molecule has 5 heteroatoms. The van der Waals surface area contributed by atoms with Crippen LogP contribution in [0.15, 0.2) is 36.0 Å². The Hall–Kier alpha value is -2.30. The molecule has 1 aromatic carbocycles. The monoisotopic (exact) mass is 504 g/mol. The van der Waals surface area contributed by atoms with Crippen LogP contribution in [0.2, 0.25) is 0 Å². The predicted octanol–water partition coefficient (Wildman–Crippen LogP) is 6.28. The van der Waals surface area contributed by atoms with Crippen molar-refractivity contribution in [3.05, 3.63) is 36.0 Å². The minimum Gasteiger partial charge on any atom is -0.497 e. The summed E-state index contributed by atoms with van der Waals surface area (Å²) < 4.78 is 5.41. The molecule has 4 aliphatic carbocycles. The van der Waals surface area contributed by atoms with Crippen molar-refractivity contribution in [2.45, 2.75) is 90.5 Å². The van der Waals surface area contributed by atoms with Crippen LogP contribution in [-0.4, -0.2) is 31.4 Å². The van der Waals surface area contributed by atoms with E-state index in [1.54, 1.807) is 7.11 Å². The number of nitrogens with one attached hydrogen (secondary N) is 1. The summed E-state index contributed by atoms with van der Waals surface area (Å²) in [6.07, 6.45) is 13.9. The Balaban J connectivity index is 1.28. The van der Waals surface area contributed by atoms with Crippen LogP contribution >= 0.6 is 0 Å². The summed E-state index contributed by atoms with van der Waals surface area (Å²) >= 11 is 0. The summed E-state index contributed by atoms with van der Waals surface area (Å²) in [5.41, 5.74) is 2.34. The summed E-state index contributed by atoms with van der Waals surface area (Å²) in [5, 5.41) is 3.71. The first kappa shape index (κ1) is 25.0. The number of hydrogen-bond acceptors (Lipinski definition) is 4. The molecule has 0 unspecified atom stereocenters. The van der Waals surface area contributed by atoms with E-state index in [4.69, 9.17) is 4.74 Å². The molecule has 1 heterocycles. The van der Waals surface area contributed by atoms with E-state index in [2.05, 4.69) is 36.2 Å². The minimum atomic E-state index is 0.0430. The zero-order valence-electron chi connectivity index (χ0n) is 22.9. The number of nitrogens with zero attached hydrogens (tertiary/aromatic N) is 1. The molecule has 200 valence electrons. The van der Waals surface area contributed by atoms with Crippen LogP contribution in [0, 0.1) is 34.5 Å². The van der Waals surface area contributed by atoms with Crippen LogP contribution in [0.5, 0.6) is 5.75 Å². The molecule has 0 spiro atoms. The highest BCUT2D eigenvalue weighted by atomic mass is 16.5. The van der Waals surface area contributed by atoms with Gasteiger partial charge in [-0.3, -0.25) is 9.59 Å². The third-order valence-electron chi connectivity index (χ3n) is 11.4. The van der Waals surface area contributed by atoms with Gasteiger partial charge in [0.25, 0.3) is 0 Å². The summed E-state index contributed by atoms with van der Waals surface area (Å²) in [7, 11) is 1.69. The number of carbonyl (C=O) groups is 2. The molecule has 6 atom stereocenters. The number of fused-ring (bicyclic) bond motifs is 5. The quantitative estimate of drug-likeness (QED) is 0.525. The van der Waals surface area contributed by atoms with Crippen LogP contribution in [-0.2, 0) is 9.59 Å². The second kappa shape index (κ2) is 9.47. The van der Waals surface area contributed by atoms with Gasteiger partial charge >= 0.3 is 0 Å². The third kappa shape index (κ3) is 4.03. The number of benzene rings is 1. The first-order valence-corrected chi connectivity index (χ1v) is 14.8. The van der Waals surface area contributed by atoms with Crippen molar-refractivity contribution >= 4 is 17.4 Å². The smallest absolute Gasteiger partial charge is 0.230 e. The van der Waals surface area contributed by atoms with Gasteiger partial charge in [-0.25, -0.2) is 0 Å². The lowest BCUT2D eigenvalue weighted by molar-refractivity contribution is -0.130. The van der Waals surface area contributed by atoms with Gasteiger partial charge < -0.3 is 15.0 Å². The van der Waals surface area contributed by atoms with Crippen LogP contribution in [0.4, 0.5) is 5.69 Å². The lowest BCUT2D eigenvalue weighted by Crippen LogP contribution is -2.57. The molecule has 0 radical (unpaired) electrons. The van der Waals surface area contributed by atoms with Crippen LogP contribution in [0.1, 0.15) is 84.5 Å². The number of hydrogen-bond donors (Lipinski definition) is 1. The van der Waals surface area contributed by atoms with E-state index >= 15 is 0 Å².